The second-order valence-corrected chi connectivity index (χ2v) is 5.55. The lowest BCUT2D eigenvalue weighted by molar-refractivity contribution is 0.0691. The fourth-order valence-electron chi connectivity index (χ4n) is 3.13. The number of fused-ring (bicyclic) bond motifs is 3. The van der Waals surface area contributed by atoms with E-state index in [0.717, 1.165) is 32.5 Å². The Morgan fingerprint density at radius 3 is 2.71 bits per heavy atom. The first-order valence-corrected chi connectivity index (χ1v) is 7.11. The van der Waals surface area contributed by atoms with E-state index >= 15 is 0 Å². The minimum absolute atomic E-state index is 0.137. The molecule has 7 heteroatoms. The monoisotopic (exact) mass is 290 g/mol. The van der Waals surface area contributed by atoms with Gasteiger partial charge in [-0.1, -0.05) is 0 Å². The molecule has 3 aliphatic heterocycles. The number of urea groups is 1. The number of aromatic carboxylic acids is 1. The van der Waals surface area contributed by atoms with Crippen LogP contribution in [0.1, 0.15) is 23.3 Å². The van der Waals surface area contributed by atoms with Crippen molar-refractivity contribution in [2.24, 2.45) is 5.92 Å². The normalized spacial score (nSPS) is 27.1. The summed E-state index contributed by atoms with van der Waals surface area (Å²) in [6, 6.07) is 2.89. The Labute approximate surface area is 122 Å². The van der Waals surface area contributed by atoms with E-state index in [2.05, 4.69) is 20.5 Å². The number of anilines is 1. The second-order valence-electron chi connectivity index (χ2n) is 5.55. The number of carboxylic acids is 1. The van der Waals surface area contributed by atoms with E-state index in [1.165, 1.54) is 12.3 Å². The van der Waals surface area contributed by atoms with Gasteiger partial charge in [0.1, 0.15) is 0 Å². The summed E-state index contributed by atoms with van der Waals surface area (Å²) in [5, 5.41) is 14.6. The van der Waals surface area contributed by atoms with Crippen molar-refractivity contribution in [2.75, 3.05) is 25.0 Å². The molecular weight excluding hydrogens is 272 g/mol. The van der Waals surface area contributed by atoms with E-state index in [1.807, 2.05) is 0 Å². The van der Waals surface area contributed by atoms with Gasteiger partial charge in [0.2, 0.25) is 0 Å². The molecule has 2 bridgehead atoms. The van der Waals surface area contributed by atoms with Gasteiger partial charge in [-0.25, -0.2) is 14.6 Å². The number of nitrogens with zero attached hydrogens (tertiary/aromatic N) is 2. The lowest BCUT2D eigenvalue weighted by Crippen LogP contribution is -2.57. The number of carbonyl (C=O) groups excluding carboxylic acids is 1. The highest BCUT2D eigenvalue weighted by molar-refractivity contribution is 5.98. The fraction of sp³-hybridized carbons (Fsp3) is 0.500. The van der Waals surface area contributed by atoms with Crippen LogP contribution >= 0.6 is 0 Å². The van der Waals surface area contributed by atoms with Crippen LogP contribution in [0.3, 0.4) is 0 Å². The van der Waals surface area contributed by atoms with Gasteiger partial charge in [0.15, 0.2) is 5.69 Å². The predicted octanol–water partition coefficient (Wildman–Crippen LogP) is 0.995. The van der Waals surface area contributed by atoms with Crippen LogP contribution in [0.4, 0.5) is 10.5 Å². The maximum Gasteiger partial charge on any atom is 0.356 e. The number of piperidine rings is 3. The Morgan fingerprint density at radius 1 is 1.33 bits per heavy atom. The first-order chi connectivity index (χ1) is 10.1. The molecule has 0 saturated carbocycles. The molecule has 4 heterocycles. The van der Waals surface area contributed by atoms with Gasteiger partial charge >= 0.3 is 12.0 Å². The molecule has 3 fully saturated rings. The molecule has 0 aromatic carbocycles. The number of carbonyl (C=O) groups is 2. The number of aromatic nitrogens is 1. The molecule has 1 unspecified atom stereocenters. The van der Waals surface area contributed by atoms with Crippen molar-refractivity contribution in [1.82, 2.24) is 15.2 Å². The molecule has 7 nitrogen and oxygen atoms in total. The van der Waals surface area contributed by atoms with E-state index in [9.17, 15) is 9.59 Å². The summed E-state index contributed by atoms with van der Waals surface area (Å²) >= 11 is 0. The SMILES string of the molecule is O=C(Nc1cccnc1C(=O)O)NC1CN2CCC1CC2. The number of nitrogens with one attached hydrogen (secondary N) is 2. The Bertz CT molecular complexity index is 555. The first kappa shape index (κ1) is 13.8. The van der Waals surface area contributed by atoms with E-state index < -0.39 is 5.97 Å². The molecule has 1 atom stereocenters. The quantitative estimate of drug-likeness (QED) is 0.772. The van der Waals surface area contributed by atoms with Gasteiger partial charge in [-0.05, 0) is 44.0 Å². The molecule has 0 radical (unpaired) electrons. The van der Waals surface area contributed by atoms with Crippen LogP contribution in [-0.4, -0.2) is 52.7 Å². The predicted molar refractivity (Wildman–Crippen MR) is 76.3 cm³/mol. The summed E-state index contributed by atoms with van der Waals surface area (Å²) in [6.45, 7) is 3.09. The minimum Gasteiger partial charge on any atom is -0.476 e. The van der Waals surface area contributed by atoms with E-state index in [4.69, 9.17) is 5.11 Å². The van der Waals surface area contributed by atoms with Crippen molar-refractivity contribution in [3.8, 4) is 0 Å². The van der Waals surface area contributed by atoms with Crippen molar-refractivity contribution in [3.05, 3.63) is 24.0 Å². The highest BCUT2D eigenvalue weighted by atomic mass is 16.4. The molecule has 3 N–H and O–H groups in total. The summed E-state index contributed by atoms with van der Waals surface area (Å²) in [6.07, 6.45) is 3.61. The molecule has 0 aliphatic carbocycles. The number of carboxylic acid groups (broad SMARTS) is 1. The average Bonchev–Trinajstić information content (AvgIpc) is 2.48. The molecule has 3 saturated heterocycles. The standard InChI is InChI=1S/C14H18N4O3/c19-13(20)12-10(2-1-5-15-12)16-14(21)17-11-8-18-6-3-9(11)4-7-18/h1-2,5,9,11H,3-4,6-8H2,(H,19,20)(H2,16,17,21). The van der Waals surface area contributed by atoms with Crippen LogP contribution in [-0.2, 0) is 0 Å². The number of hydrogen-bond acceptors (Lipinski definition) is 4. The van der Waals surface area contributed by atoms with Crippen LogP contribution in [0, 0.1) is 5.92 Å². The molecule has 3 aliphatic rings. The van der Waals surface area contributed by atoms with Crippen LogP contribution in [0.2, 0.25) is 0 Å². The van der Waals surface area contributed by atoms with Gasteiger partial charge in [0, 0.05) is 18.8 Å². The molecule has 4 rings (SSSR count). The number of amides is 2. The van der Waals surface area contributed by atoms with Gasteiger partial charge in [-0.3, -0.25) is 0 Å². The summed E-state index contributed by atoms with van der Waals surface area (Å²) < 4.78 is 0. The van der Waals surface area contributed by atoms with Crippen molar-refractivity contribution in [3.63, 3.8) is 0 Å². The maximum absolute atomic E-state index is 12.1. The van der Waals surface area contributed by atoms with Crippen molar-refractivity contribution in [2.45, 2.75) is 18.9 Å². The Kier molecular flexibility index (Phi) is 3.74. The van der Waals surface area contributed by atoms with Crippen LogP contribution in [0.5, 0.6) is 0 Å². The molecule has 1 aromatic heterocycles. The lowest BCUT2D eigenvalue weighted by Gasteiger charge is -2.44. The van der Waals surface area contributed by atoms with Crippen LogP contribution < -0.4 is 10.6 Å². The lowest BCUT2D eigenvalue weighted by atomic mass is 9.84. The minimum atomic E-state index is -1.16. The Balaban J connectivity index is 1.63. The average molecular weight is 290 g/mol. The first-order valence-electron chi connectivity index (χ1n) is 7.11. The van der Waals surface area contributed by atoms with Crippen molar-refractivity contribution < 1.29 is 14.7 Å². The molecule has 2 amide bonds. The number of rotatable bonds is 3. The zero-order chi connectivity index (χ0) is 14.8. The van der Waals surface area contributed by atoms with E-state index in [1.54, 1.807) is 6.07 Å². The third-order valence-electron chi connectivity index (χ3n) is 4.23. The highest BCUT2D eigenvalue weighted by Gasteiger charge is 2.34. The zero-order valence-corrected chi connectivity index (χ0v) is 11.6. The van der Waals surface area contributed by atoms with Gasteiger partial charge in [-0.15, -0.1) is 0 Å². The summed E-state index contributed by atoms with van der Waals surface area (Å²) in [4.78, 5) is 29.2. The molecular formula is C14H18N4O3. The van der Waals surface area contributed by atoms with E-state index in [0.29, 0.717) is 5.92 Å². The Morgan fingerprint density at radius 2 is 2.10 bits per heavy atom. The summed E-state index contributed by atoms with van der Waals surface area (Å²) in [5.41, 5.74) is 0.0605. The second kappa shape index (κ2) is 5.69. The number of pyridine rings is 1. The summed E-state index contributed by atoms with van der Waals surface area (Å²) in [5.74, 6) is -0.637. The molecule has 21 heavy (non-hydrogen) atoms. The van der Waals surface area contributed by atoms with Crippen molar-refractivity contribution in [1.29, 1.82) is 0 Å². The topological polar surface area (TPSA) is 94.6 Å². The third kappa shape index (κ3) is 2.97. The number of hydrogen-bond donors (Lipinski definition) is 3. The maximum atomic E-state index is 12.1. The van der Waals surface area contributed by atoms with Crippen LogP contribution in [0.25, 0.3) is 0 Å². The van der Waals surface area contributed by atoms with Gasteiger partial charge in [0.05, 0.1) is 5.69 Å². The summed E-state index contributed by atoms with van der Waals surface area (Å²) in [7, 11) is 0. The smallest absolute Gasteiger partial charge is 0.356 e. The fourth-order valence-corrected chi connectivity index (χ4v) is 3.13. The van der Waals surface area contributed by atoms with Gasteiger partial charge < -0.3 is 20.6 Å². The van der Waals surface area contributed by atoms with Gasteiger partial charge in [0.25, 0.3) is 0 Å². The molecule has 0 spiro atoms. The zero-order valence-electron chi connectivity index (χ0n) is 11.6. The molecule has 112 valence electrons. The van der Waals surface area contributed by atoms with E-state index in [-0.39, 0.29) is 23.5 Å². The van der Waals surface area contributed by atoms with Crippen LogP contribution in [0.15, 0.2) is 18.3 Å². The van der Waals surface area contributed by atoms with Gasteiger partial charge in [-0.2, -0.15) is 0 Å². The Hall–Kier alpha value is -2.15. The highest BCUT2D eigenvalue weighted by Crippen LogP contribution is 2.27. The van der Waals surface area contributed by atoms with Crippen molar-refractivity contribution >= 4 is 17.7 Å². The molecule has 1 aromatic rings. The largest absolute Gasteiger partial charge is 0.476 e. The third-order valence-corrected chi connectivity index (χ3v) is 4.23.